The van der Waals surface area contributed by atoms with Crippen molar-refractivity contribution < 1.29 is 14.6 Å². The summed E-state index contributed by atoms with van der Waals surface area (Å²) >= 11 is 0. The number of carboxylic acids is 1. The maximum Gasteiger partial charge on any atom is 0.335 e. The Kier molecular flexibility index (Phi) is 4.86. The van der Waals surface area contributed by atoms with Crippen LogP contribution in [0.4, 0.5) is 0 Å². The molecule has 0 saturated heterocycles. The summed E-state index contributed by atoms with van der Waals surface area (Å²) in [5.41, 5.74) is 3.60. The van der Waals surface area contributed by atoms with Gasteiger partial charge in [-0.15, -0.1) is 0 Å². The molecular formula is C24H23NO3. The molecule has 0 amide bonds. The topological polar surface area (TPSA) is 59.4 Å². The molecule has 1 aromatic heterocycles. The predicted molar refractivity (Wildman–Crippen MR) is 108 cm³/mol. The summed E-state index contributed by atoms with van der Waals surface area (Å²) in [4.78, 5) is 15.4. The number of hydrogen-bond acceptors (Lipinski definition) is 3. The van der Waals surface area contributed by atoms with E-state index in [1.165, 1.54) is 11.1 Å². The van der Waals surface area contributed by atoms with E-state index in [1.54, 1.807) is 18.3 Å². The van der Waals surface area contributed by atoms with Crippen molar-refractivity contribution in [2.75, 3.05) is 0 Å². The Morgan fingerprint density at radius 3 is 2.21 bits per heavy atom. The number of benzene rings is 2. The molecule has 1 aliphatic carbocycles. The molecule has 4 rings (SSSR count). The van der Waals surface area contributed by atoms with Crippen LogP contribution in [0.3, 0.4) is 0 Å². The van der Waals surface area contributed by atoms with E-state index < -0.39 is 5.97 Å². The van der Waals surface area contributed by atoms with E-state index in [4.69, 9.17) is 9.84 Å². The molecule has 0 bridgehead atoms. The lowest BCUT2D eigenvalue weighted by Crippen LogP contribution is -2.41. The van der Waals surface area contributed by atoms with E-state index in [2.05, 4.69) is 24.0 Å². The molecule has 4 nitrogen and oxygen atoms in total. The Bertz CT molecular complexity index is 943. The Morgan fingerprint density at radius 1 is 1.04 bits per heavy atom. The number of carbonyl (C=O) groups is 1. The smallest absolute Gasteiger partial charge is 0.335 e. The molecule has 3 aromatic rings. The van der Waals surface area contributed by atoms with Gasteiger partial charge in [0, 0.05) is 11.6 Å². The lowest BCUT2D eigenvalue weighted by molar-refractivity contribution is 0.0696. The maximum absolute atomic E-state index is 11.2. The number of ether oxygens (including phenoxy) is 1. The zero-order valence-electron chi connectivity index (χ0n) is 15.8. The van der Waals surface area contributed by atoms with E-state index in [0.29, 0.717) is 18.1 Å². The normalized spacial score (nSPS) is 21.0. The van der Waals surface area contributed by atoms with Gasteiger partial charge in [-0.1, -0.05) is 37.3 Å². The highest BCUT2D eigenvalue weighted by Gasteiger charge is 2.44. The number of nitrogens with zero attached hydrogens (tertiary/aromatic N) is 1. The minimum Gasteiger partial charge on any atom is -0.487 e. The first-order valence-electron chi connectivity index (χ1n) is 9.54. The summed E-state index contributed by atoms with van der Waals surface area (Å²) in [6.45, 7) is 2.70. The van der Waals surface area contributed by atoms with Crippen LogP contribution < -0.4 is 4.74 Å². The molecule has 0 radical (unpaired) electrons. The molecule has 28 heavy (non-hydrogen) atoms. The van der Waals surface area contributed by atoms with E-state index in [1.807, 2.05) is 42.5 Å². The van der Waals surface area contributed by atoms with Gasteiger partial charge in [-0.2, -0.15) is 0 Å². The Balaban J connectivity index is 1.54. The number of hydrogen-bond donors (Lipinski definition) is 1. The molecule has 1 saturated carbocycles. The fraction of sp³-hybridized carbons (Fsp3) is 0.250. The standard InChI is InChI=1S/C24H23NO3/c1-17-14-24(15-17,19-7-5-18(6-8-19)23(26)27)20-9-11-22(12-10-20)28-16-21-4-2-3-13-25-21/h2-13,17H,14-16H2,1H3,(H,26,27). The second kappa shape index (κ2) is 7.47. The Morgan fingerprint density at radius 2 is 1.68 bits per heavy atom. The third kappa shape index (κ3) is 3.50. The van der Waals surface area contributed by atoms with E-state index in [9.17, 15) is 4.79 Å². The summed E-state index contributed by atoms with van der Waals surface area (Å²) in [5.74, 6) is 0.578. The van der Waals surface area contributed by atoms with Gasteiger partial charge in [0.05, 0.1) is 11.3 Å². The van der Waals surface area contributed by atoms with Gasteiger partial charge < -0.3 is 9.84 Å². The van der Waals surface area contributed by atoms with Crippen LogP contribution in [0, 0.1) is 5.92 Å². The third-order valence-corrected chi connectivity index (χ3v) is 5.60. The van der Waals surface area contributed by atoms with Gasteiger partial charge in [0.2, 0.25) is 0 Å². The minimum atomic E-state index is -0.892. The number of carboxylic acid groups (broad SMARTS) is 1. The van der Waals surface area contributed by atoms with Crippen molar-refractivity contribution in [3.05, 3.63) is 95.3 Å². The van der Waals surface area contributed by atoms with Crippen molar-refractivity contribution in [2.45, 2.75) is 31.8 Å². The fourth-order valence-electron chi connectivity index (χ4n) is 4.21. The van der Waals surface area contributed by atoms with Crippen molar-refractivity contribution in [3.8, 4) is 5.75 Å². The molecule has 2 aromatic carbocycles. The summed E-state index contributed by atoms with van der Waals surface area (Å²) in [6.07, 6.45) is 3.89. The van der Waals surface area contributed by atoms with Crippen LogP contribution >= 0.6 is 0 Å². The molecule has 1 aliphatic rings. The number of rotatable bonds is 6. The van der Waals surface area contributed by atoms with Crippen LogP contribution in [0.15, 0.2) is 72.9 Å². The lowest BCUT2D eigenvalue weighted by Gasteiger charge is -2.48. The van der Waals surface area contributed by atoms with Crippen LogP contribution in [-0.4, -0.2) is 16.1 Å². The first-order valence-corrected chi connectivity index (χ1v) is 9.54. The van der Waals surface area contributed by atoms with Crippen molar-refractivity contribution in [2.24, 2.45) is 5.92 Å². The first-order chi connectivity index (χ1) is 13.6. The van der Waals surface area contributed by atoms with Crippen molar-refractivity contribution in [1.82, 2.24) is 4.98 Å². The molecule has 1 heterocycles. The van der Waals surface area contributed by atoms with E-state index >= 15 is 0 Å². The average molecular weight is 373 g/mol. The Labute approximate surface area is 164 Å². The molecule has 0 atom stereocenters. The molecule has 0 spiro atoms. The van der Waals surface area contributed by atoms with Crippen molar-refractivity contribution >= 4 is 5.97 Å². The lowest BCUT2D eigenvalue weighted by atomic mass is 9.56. The van der Waals surface area contributed by atoms with Crippen molar-refractivity contribution in [3.63, 3.8) is 0 Å². The number of aromatic carboxylic acids is 1. The summed E-state index contributed by atoms with van der Waals surface area (Å²) in [6, 6.07) is 21.4. The maximum atomic E-state index is 11.2. The van der Waals surface area contributed by atoms with Gasteiger partial charge in [-0.25, -0.2) is 4.79 Å². The zero-order chi connectivity index (χ0) is 19.6. The van der Waals surface area contributed by atoms with Crippen LogP contribution in [0.25, 0.3) is 0 Å². The van der Waals surface area contributed by atoms with Crippen LogP contribution in [0.2, 0.25) is 0 Å². The van der Waals surface area contributed by atoms with E-state index in [-0.39, 0.29) is 5.41 Å². The van der Waals surface area contributed by atoms with Gasteiger partial charge >= 0.3 is 5.97 Å². The third-order valence-electron chi connectivity index (χ3n) is 5.60. The predicted octanol–water partition coefficient (Wildman–Crippen LogP) is 5.07. The highest BCUT2D eigenvalue weighted by atomic mass is 16.5. The molecular weight excluding hydrogens is 350 g/mol. The molecule has 0 aliphatic heterocycles. The second-order valence-corrected chi connectivity index (χ2v) is 7.61. The van der Waals surface area contributed by atoms with Gasteiger partial charge in [0.15, 0.2) is 0 Å². The monoisotopic (exact) mass is 373 g/mol. The average Bonchev–Trinajstić information content (AvgIpc) is 2.71. The molecule has 142 valence electrons. The largest absolute Gasteiger partial charge is 0.487 e. The highest BCUT2D eigenvalue weighted by Crippen LogP contribution is 2.52. The quantitative estimate of drug-likeness (QED) is 0.655. The molecule has 0 unspecified atom stereocenters. The molecule has 1 N–H and O–H groups in total. The van der Waals surface area contributed by atoms with Gasteiger partial charge in [0.1, 0.15) is 12.4 Å². The minimum absolute atomic E-state index is 0.0457. The second-order valence-electron chi connectivity index (χ2n) is 7.61. The van der Waals surface area contributed by atoms with Crippen molar-refractivity contribution in [1.29, 1.82) is 0 Å². The van der Waals surface area contributed by atoms with Crippen LogP contribution in [0.5, 0.6) is 5.75 Å². The van der Waals surface area contributed by atoms with E-state index in [0.717, 1.165) is 24.3 Å². The SMILES string of the molecule is CC1CC(c2ccc(OCc3ccccn3)cc2)(c2ccc(C(=O)O)cc2)C1. The molecule has 1 fully saturated rings. The van der Waals surface area contributed by atoms with Gasteiger partial charge in [-0.05, 0) is 66.3 Å². The zero-order valence-corrected chi connectivity index (χ0v) is 15.8. The highest BCUT2D eigenvalue weighted by molar-refractivity contribution is 5.87. The summed E-state index contributed by atoms with van der Waals surface area (Å²) in [5, 5.41) is 9.15. The Hall–Kier alpha value is -3.14. The summed E-state index contributed by atoms with van der Waals surface area (Å²) in [7, 11) is 0. The van der Waals surface area contributed by atoms with Gasteiger partial charge in [0.25, 0.3) is 0 Å². The number of aromatic nitrogens is 1. The van der Waals surface area contributed by atoms with Gasteiger partial charge in [-0.3, -0.25) is 4.98 Å². The summed E-state index contributed by atoms with van der Waals surface area (Å²) < 4.78 is 5.85. The fourth-order valence-corrected chi connectivity index (χ4v) is 4.21. The van der Waals surface area contributed by atoms with Crippen LogP contribution in [-0.2, 0) is 12.0 Å². The number of pyridine rings is 1. The molecule has 4 heteroatoms. The first kappa shape index (κ1) is 18.2. The van der Waals surface area contributed by atoms with Crippen LogP contribution in [0.1, 0.15) is 46.9 Å².